The number of nitrogens with zero attached hydrogens (tertiary/aromatic N) is 3. The minimum absolute atomic E-state index is 0.00174. The van der Waals surface area contributed by atoms with Crippen molar-refractivity contribution in [1.82, 2.24) is 14.5 Å². The molecule has 0 bridgehead atoms. The van der Waals surface area contributed by atoms with Gasteiger partial charge in [0.1, 0.15) is 5.82 Å². The van der Waals surface area contributed by atoms with Crippen LogP contribution in [0.2, 0.25) is 0 Å². The van der Waals surface area contributed by atoms with E-state index in [0.29, 0.717) is 24.0 Å². The maximum Gasteiger partial charge on any atom is 0.261 e. The number of hydrogen-bond acceptors (Lipinski definition) is 3. The Labute approximate surface area is 156 Å². The molecule has 1 aliphatic carbocycles. The Bertz CT molecular complexity index is 1030. The summed E-state index contributed by atoms with van der Waals surface area (Å²) in [6.45, 7) is 0.761. The van der Waals surface area contributed by atoms with Gasteiger partial charge in [-0.1, -0.05) is 24.3 Å². The van der Waals surface area contributed by atoms with E-state index >= 15 is 0 Å². The zero-order chi connectivity index (χ0) is 18.8. The zero-order valence-electron chi connectivity index (χ0n) is 14.8. The van der Waals surface area contributed by atoms with Gasteiger partial charge in [-0.25, -0.2) is 9.37 Å². The molecule has 0 atom stereocenters. The number of aryl methyl sites for hydroxylation is 1. The van der Waals surface area contributed by atoms with Crippen LogP contribution in [0.1, 0.15) is 24.8 Å². The van der Waals surface area contributed by atoms with Crippen LogP contribution in [0.4, 0.5) is 4.39 Å². The molecule has 0 aliphatic heterocycles. The predicted octanol–water partition coefficient (Wildman–Crippen LogP) is 3.12. The first-order valence-corrected chi connectivity index (χ1v) is 9.10. The fraction of sp³-hybridized carbons (Fsp3) is 0.286. The van der Waals surface area contributed by atoms with Gasteiger partial charge in [0.25, 0.3) is 5.56 Å². The Kier molecular flexibility index (Phi) is 4.71. The lowest BCUT2D eigenvalue weighted by atomic mass is 10.2. The summed E-state index contributed by atoms with van der Waals surface area (Å²) in [5, 5.41) is 0.554. The van der Waals surface area contributed by atoms with Gasteiger partial charge in [0.2, 0.25) is 5.91 Å². The molecule has 4 rings (SSSR count). The maximum atomic E-state index is 13.1. The first kappa shape index (κ1) is 17.4. The van der Waals surface area contributed by atoms with Gasteiger partial charge < -0.3 is 4.90 Å². The number of benzene rings is 2. The molecule has 1 fully saturated rings. The molecule has 3 aromatic rings. The van der Waals surface area contributed by atoms with Crippen LogP contribution in [-0.2, 0) is 17.9 Å². The van der Waals surface area contributed by atoms with E-state index in [1.807, 2.05) is 11.0 Å². The van der Waals surface area contributed by atoms with Crippen molar-refractivity contribution in [2.24, 2.45) is 0 Å². The van der Waals surface area contributed by atoms with Crippen LogP contribution in [0.15, 0.2) is 59.7 Å². The van der Waals surface area contributed by atoms with E-state index in [4.69, 9.17) is 0 Å². The van der Waals surface area contributed by atoms with E-state index in [9.17, 15) is 14.0 Å². The Morgan fingerprint density at radius 1 is 1.15 bits per heavy atom. The number of aromatic nitrogens is 2. The molecule has 1 heterocycles. The highest BCUT2D eigenvalue weighted by Gasteiger charge is 2.32. The Balaban J connectivity index is 1.46. The zero-order valence-corrected chi connectivity index (χ0v) is 14.8. The largest absolute Gasteiger partial charge is 0.335 e. The van der Waals surface area contributed by atoms with Crippen LogP contribution in [0.25, 0.3) is 10.9 Å². The quantitative estimate of drug-likeness (QED) is 0.674. The molecule has 27 heavy (non-hydrogen) atoms. The second kappa shape index (κ2) is 7.31. The molecule has 0 saturated heterocycles. The third-order valence-electron chi connectivity index (χ3n) is 4.87. The summed E-state index contributed by atoms with van der Waals surface area (Å²) in [6.07, 6.45) is 3.71. The molecule has 138 valence electrons. The second-order valence-electron chi connectivity index (χ2n) is 6.89. The normalized spacial score (nSPS) is 13.7. The van der Waals surface area contributed by atoms with Crippen molar-refractivity contribution in [2.75, 3.05) is 0 Å². The number of rotatable bonds is 6. The van der Waals surface area contributed by atoms with E-state index in [1.54, 1.807) is 30.3 Å². The average molecular weight is 365 g/mol. The molecule has 1 saturated carbocycles. The topological polar surface area (TPSA) is 55.2 Å². The highest BCUT2D eigenvalue weighted by atomic mass is 19.1. The number of para-hydroxylation sites is 1. The van der Waals surface area contributed by atoms with E-state index in [-0.39, 0.29) is 29.7 Å². The van der Waals surface area contributed by atoms with E-state index in [2.05, 4.69) is 4.98 Å². The van der Waals surface area contributed by atoms with E-state index in [1.165, 1.54) is 23.0 Å². The van der Waals surface area contributed by atoms with Gasteiger partial charge in [0, 0.05) is 25.6 Å². The molecule has 0 spiro atoms. The lowest BCUT2D eigenvalue weighted by Crippen LogP contribution is -2.34. The standard InChI is InChI=1S/C21H20FN3O2/c22-16-7-5-15(6-8-16)13-25(17-9-10-17)20(26)11-12-24-14-23-19-4-2-1-3-18(19)21(24)27/h1-8,14,17H,9-13H2. The van der Waals surface area contributed by atoms with Crippen molar-refractivity contribution >= 4 is 16.8 Å². The molecule has 2 aromatic carbocycles. The summed E-state index contributed by atoms with van der Waals surface area (Å²) in [5.74, 6) is -0.284. The van der Waals surface area contributed by atoms with Crippen LogP contribution in [0, 0.1) is 5.82 Å². The first-order chi connectivity index (χ1) is 13.1. The second-order valence-corrected chi connectivity index (χ2v) is 6.89. The van der Waals surface area contributed by atoms with Gasteiger partial charge >= 0.3 is 0 Å². The Morgan fingerprint density at radius 2 is 1.89 bits per heavy atom. The first-order valence-electron chi connectivity index (χ1n) is 9.10. The molecule has 0 unspecified atom stereocenters. The highest BCUT2D eigenvalue weighted by molar-refractivity contribution is 5.78. The van der Waals surface area contributed by atoms with Gasteiger partial charge in [-0.2, -0.15) is 0 Å². The summed E-state index contributed by atoms with van der Waals surface area (Å²) in [5.41, 5.74) is 1.42. The predicted molar refractivity (Wildman–Crippen MR) is 101 cm³/mol. The van der Waals surface area contributed by atoms with Crippen LogP contribution >= 0.6 is 0 Å². The summed E-state index contributed by atoms with van der Waals surface area (Å²) >= 11 is 0. The van der Waals surface area contributed by atoms with Crippen molar-refractivity contribution < 1.29 is 9.18 Å². The third kappa shape index (κ3) is 3.89. The van der Waals surface area contributed by atoms with Gasteiger partial charge in [-0.3, -0.25) is 14.2 Å². The molecular formula is C21H20FN3O2. The number of amides is 1. The highest BCUT2D eigenvalue weighted by Crippen LogP contribution is 2.29. The SMILES string of the molecule is O=C(CCn1cnc2ccccc2c1=O)N(Cc1ccc(F)cc1)C1CC1. The van der Waals surface area contributed by atoms with Crippen molar-refractivity contribution in [3.05, 3.63) is 76.6 Å². The molecular weight excluding hydrogens is 345 g/mol. The molecule has 1 aromatic heterocycles. The number of fused-ring (bicyclic) bond motifs is 1. The number of carbonyl (C=O) groups is 1. The summed E-state index contributed by atoms with van der Waals surface area (Å²) in [6, 6.07) is 13.7. The minimum Gasteiger partial charge on any atom is -0.335 e. The van der Waals surface area contributed by atoms with E-state index in [0.717, 1.165) is 18.4 Å². The number of carbonyl (C=O) groups excluding carboxylic acids is 1. The van der Waals surface area contributed by atoms with Crippen molar-refractivity contribution in [1.29, 1.82) is 0 Å². The van der Waals surface area contributed by atoms with Crippen molar-refractivity contribution in [3.8, 4) is 0 Å². The fourth-order valence-electron chi connectivity index (χ4n) is 3.22. The summed E-state index contributed by atoms with van der Waals surface area (Å²) < 4.78 is 14.6. The van der Waals surface area contributed by atoms with Gasteiger partial charge in [-0.05, 0) is 42.7 Å². The molecule has 5 nitrogen and oxygen atoms in total. The lowest BCUT2D eigenvalue weighted by molar-refractivity contribution is -0.132. The van der Waals surface area contributed by atoms with Gasteiger partial charge in [0.05, 0.1) is 17.2 Å². The third-order valence-corrected chi connectivity index (χ3v) is 4.87. The maximum absolute atomic E-state index is 13.1. The smallest absolute Gasteiger partial charge is 0.261 e. The molecule has 0 radical (unpaired) electrons. The summed E-state index contributed by atoms with van der Waals surface area (Å²) in [7, 11) is 0. The van der Waals surface area contributed by atoms with Crippen LogP contribution in [0.5, 0.6) is 0 Å². The monoisotopic (exact) mass is 365 g/mol. The van der Waals surface area contributed by atoms with Crippen LogP contribution in [0.3, 0.4) is 0 Å². The van der Waals surface area contributed by atoms with Crippen LogP contribution < -0.4 is 5.56 Å². The van der Waals surface area contributed by atoms with Gasteiger partial charge in [0.15, 0.2) is 0 Å². The average Bonchev–Trinajstić information content (AvgIpc) is 3.52. The van der Waals surface area contributed by atoms with Crippen molar-refractivity contribution in [3.63, 3.8) is 0 Å². The Hall–Kier alpha value is -3.02. The minimum atomic E-state index is -0.286. The van der Waals surface area contributed by atoms with E-state index < -0.39 is 0 Å². The Morgan fingerprint density at radius 3 is 2.63 bits per heavy atom. The van der Waals surface area contributed by atoms with Gasteiger partial charge in [-0.15, -0.1) is 0 Å². The van der Waals surface area contributed by atoms with Crippen LogP contribution in [-0.4, -0.2) is 26.4 Å². The lowest BCUT2D eigenvalue weighted by Gasteiger charge is -2.23. The summed E-state index contributed by atoms with van der Waals surface area (Å²) in [4.78, 5) is 31.4. The molecule has 6 heteroatoms. The molecule has 1 aliphatic rings. The number of halogens is 1. The molecule has 1 amide bonds. The molecule has 0 N–H and O–H groups in total. The number of hydrogen-bond donors (Lipinski definition) is 0. The fourth-order valence-corrected chi connectivity index (χ4v) is 3.22. The van der Waals surface area contributed by atoms with Crippen molar-refractivity contribution in [2.45, 2.75) is 38.4 Å².